The Morgan fingerprint density at radius 2 is 1.43 bits per heavy atom. The number of hydrogen-bond donors (Lipinski definition) is 2. The van der Waals surface area contributed by atoms with E-state index in [9.17, 15) is 14.7 Å². The third-order valence-corrected chi connectivity index (χ3v) is 7.95. The van der Waals surface area contributed by atoms with Crippen LogP contribution in [0.4, 0.5) is 0 Å². The third kappa shape index (κ3) is 3.33. The van der Waals surface area contributed by atoms with Gasteiger partial charge in [-0.3, -0.25) is 14.6 Å². The number of nitrogens with one attached hydrogen (secondary N) is 1. The van der Waals surface area contributed by atoms with Crippen molar-refractivity contribution < 1.29 is 14.7 Å². The molecule has 0 saturated heterocycles. The Kier molecular flexibility index (Phi) is 4.92. The van der Waals surface area contributed by atoms with E-state index in [-0.39, 0.29) is 29.2 Å². The molecule has 176 valence electrons. The number of rotatable bonds is 3. The second-order valence-corrected chi connectivity index (χ2v) is 10.2. The molecule has 3 aliphatic rings. The molecule has 6 rings (SSSR count). The molecule has 2 aromatic carbocycles. The summed E-state index contributed by atoms with van der Waals surface area (Å²) in [7, 11) is 0. The van der Waals surface area contributed by atoms with Crippen LogP contribution in [-0.2, 0) is 16.8 Å². The first kappa shape index (κ1) is 21.8. The zero-order valence-electron chi connectivity index (χ0n) is 20.0. The van der Waals surface area contributed by atoms with E-state index < -0.39 is 5.54 Å². The minimum Gasteiger partial charge on any atom is -0.509 e. The second-order valence-electron chi connectivity index (χ2n) is 10.2. The van der Waals surface area contributed by atoms with Crippen LogP contribution in [0.2, 0.25) is 0 Å². The van der Waals surface area contributed by atoms with Crippen LogP contribution in [-0.4, -0.2) is 27.4 Å². The number of allylic oxidation sites excluding steroid dienone is 1. The van der Waals surface area contributed by atoms with Gasteiger partial charge in [0.15, 0.2) is 11.6 Å². The van der Waals surface area contributed by atoms with Gasteiger partial charge in [-0.25, -0.2) is 0 Å². The maximum absolute atomic E-state index is 13.5. The highest BCUT2D eigenvalue weighted by Gasteiger charge is 2.49. The highest BCUT2D eigenvalue weighted by molar-refractivity contribution is 6.26. The van der Waals surface area contributed by atoms with Crippen molar-refractivity contribution in [2.45, 2.75) is 56.9 Å². The number of aromatic amines is 1. The molecular formula is C30H28N2O3. The number of fused-ring (bicyclic) bond motifs is 2. The summed E-state index contributed by atoms with van der Waals surface area (Å²) >= 11 is 0. The number of aromatic nitrogens is 1. The number of aryl methyl sites for hydroxylation is 1. The lowest BCUT2D eigenvalue weighted by Crippen LogP contribution is -2.27. The third-order valence-electron chi connectivity index (χ3n) is 7.95. The number of aliphatic hydroxyl groups is 1. The van der Waals surface area contributed by atoms with E-state index in [1.807, 2.05) is 62.4 Å². The molecule has 2 heterocycles. The summed E-state index contributed by atoms with van der Waals surface area (Å²) in [6.07, 6.45) is 2.09. The van der Waals surface area contributed by atoms with Gasteiger partial charge in [0, 0.05) is 35.4 Å². The van der Waals surface area contributed by atoms with Crippen LogP contribution in [0, 0.1) is 6.92 Å². The average molecular weight is 465 g/mol. The topological polar surface area (TPSA) is 82.5 Å². The number of aliphatic hydroxyl groups excluding tert-OH is 1. The Labute approximate surface area is 204 Å². The molecule has 1 aromatic heterocycles. The lowest BCUT2D eigenvalue weighted by molar-refractivity contribution is -0.115. The number of ketones is 2. The SMILES string of the molecule is Cc1[nH]c2c(c1C1(C)N=C3CC(c4ccccc4)CC(=O)C3=C1O)C(=O)CC(c1ccccc1)C2. The molecule has 0 amide bonds. The van der Waals surface area contributed by atoms with Crippen molar-refractivity contribution in [2.24, 2.45) is 4.99 Å². The van der Waals surface area contributed by atoms with E-state index in [2.05, 4.69) is 17.1 Å². The Balaban J connectivity index is 1.40. The molecule has 2 aliphatic carbocycles. The smallest absolute Gasteiger partial charge is 0.168 e. The molecular weight excluding hydrogens is 436 g/mol. The highest BCUT2D eigenvalue weighted by Crippen LogP contribution is 2.49. The van der Waals surface area contributed by atoms with Crippen LogP contribution in [0.3, 0.4) is 0 Å². The molecule has 3 aromatic rings. The van der Waals surface area contributed by atoms with Crippen molar-refractivity contribution in [3.05, 3.63) is 106 Å². The van der Waals surface area contributed by atoms with Gasteiger partial charge in [0.2, 0.25) is 0 Å². The monoisotopic (exact) mass is 464 g/mol. The molecule has 1 fully saturated rings. The fourth-order valence-corrected chi connectivity index (χ4v) is 6.33. The van der Waals surface area contributed by atoms with Gasteiger partial charge in [-0.1, -0.05) is 60.7 Å². The van der Waals surface area contributed by atoms with Crippen LogP contribution < -0.4 is 0 Å². The lowest BCUT2D eigenvalue weighted by atomic mass is 9.77. The average Bonchev–Trinajstić information content (AvgIpc) is 3.34. The fourth-order valence-electron chi connectivity index (χ4n) is 6.33. The number of carbonyl (C=O) groups excluding carboxylic acids is 2. The van der Waals surface area contributed by atoms with Gasteiger partial charge in [-0.05, 0) is 49.7 Å². The number of benzene rings is 2. The van der Waals surface area contributed by atoms with E-state index in [1.165, 1.54) is 0 Å². The van der Waals surface area contributed by atoms with Crippen molar-refractivity contribution in [1.29, 1.82) is 0 Å². The Bertz CT molecular complexity index is 1410. The minimum absolute atomic E-state index is 0.0214. The Morgan fingerprint density at radius 3 is 2.06 bits per heavy atom. The minimum atomic E-state index is -1.14. The quantitative estimate of drug-likeness (QED) is 0.509. The van der Waals surface area contributed by atoms with E-state index in [0.29, 0.717) is 41.7 Å². The molecule has 1 aliphatic heterocycles. The zero-order valence-corrected chi connectivity index (χ0v) is 20.0. The predicted octanol–water partition coefficient (Wildman–Crippen LogP) is 5.86. The van der Waals surface area contributed by atoms with Gasteiger partial charge < -0.3 is 10.1 Å². The largest absolute Gasteiger partial charge is 0.509 e. The Morgan fingerprint density at radius 1 is 0.857 bits per heavy atom. The van der Waals surface area contributed by atoms with Gasteiger partial charge in [-0.15, -0.1) is 0 Å². The molecule has 0 spiro atoms. The van der Waals surface area contributed by atoms with E-state index in [4.69, 9.17) is 4.99 Å². The van der Waals surface area contributed by atoms with Crippen molar-refractivity contribution in [1.82, 2.24) is 4.98 Å². The maximum Gasteiger partial charge on any atom is 0.168 e. The summed E-state index contributed by atoms with van der Waals surface area (Å²) in [5.41, 5.74) is 5.17. The first-order chi connectivity index (χ1) is 16.9. The van der Waals surface area contributed by atoms with Crippen LogP contribution in [0.5, 0.6) is 0 Å². The summed E-state index contributed by atoms with van der Waals surface area (Å²) in [4.78, 5) is 35.1. The first-order valence-corrected chi connectivity index (χ1v) is 12.3. The molecule has 1 saturated carbocycles. The summed E-state index contributed by atoms with van der Waals surface area (Å²) in [6.45, 7) is 3.76. The van der Waals surface area contributed by atoms with Crippen LogP contribution in [0.1, 0.15) is 76.5 Å². The fraction of sp³-hybridized carbons (Fsp3) is 0.300. The van der Waals surface area contributed by atoms with Gasteiger partial charge in [-0.2, -0.15) is 0 Å². The number of Topliss-reactive ketones (excluding diaryl/α,β-unsaturated/α-hetero) is 2. The number of carbonyl (C=O) groups is 2. The van der Waals surface area contributed by atoms with Gasteiger partial charge in [0.05, 0.1) is 11.3 Å². The van der Waals surface area contributed by atoms with E-state index >= 15 is 0 Å². The van der Waals surface area contributed by atoms with Gasteiger partial charge in [0.25, 0.3) is 0 Å². The zero-order chi connectivity index (χ0) is 24.3. The second kappa shape index (κ2) is 7.91. The van der Waals surface area contributed by atoms with Gasteiger partial charge >= 0.3 is 0 Å². The van der Waals surface area contributed by atoms with E-state index in [0.717, 1.165) is 28.9 Å². The number of hydrogen-bond acceptors (Lipinski definition) is 4. The van der Waals surface area contributed by atoms with Crippen molar-refractivity contribution >= 4 is 17.3 Å². The van der Waals surface area contributed by atoms with Crippen LogP contribution >= 0.6 is 0 Å². The number of nitrogens with zero attached hydrogens (tertiary/aromatic N) is 1. The molecule has 0 radical (unpaired) electrons. The number of aliphatic imine (C=N–C) groups is 1. The molecule has 0 bridgehead atoms. The molecule has 5 heteroatoms. The van der Waals surface area contributed by atoms with Crippen molar-refractivity contribution in [3.8, 4) is 0 Å². The standard InChI is InChI=1S/C30H28N2O3/c1-17-28(26-22(31-17)13-20(15-24(26)33)18-9-5-3-6-10-18)30(2)29(35)27-23(32-30)14-21(16-25(27)34)19-11-7-4-8-12-19/h3-12,20-21,31,35H,13-16H2,1-2H3. The highest BCUT2D eigenvalue weighted by atomic mass is 16.3. The molecule has 3 unspecified atom stereocenters. The molecule has 3 atom stereocenters. The summed E-state index contributed by atoms with van der Waals surface area (Å²) in [6, 6.07) is 20.1. The van der Waals surface area contributed by atoms with E-state index in [1.54, 1.807) is 0 Å². The molecule has 35 heavy (non-hydrogen) atoms. The summed E-state index contributed by atoms with van der Waals surface area (Å²) in [5.74, 6) is 0.111. The predicted molar refractivity (Wildman–Crippen MR) is 135 cm³/mol. The molecule has 2 N–H and O–H groups in total. The normalized spacial score (nSPS) is 25.9. The van der Waals surface area contributed by atoms with Crippen molar-refractivity contribution in [3.63, 3.8) is 0 Å². The van der Waals surface area contributed by atoms with Gasteiger partial charge in [0.1, 0.15) is 11.3 Å². The maximum atomic E-state index is 13.5. The molecule has 5 nitrogen and oxygen atoms in total. The summed E-state index contributed by atoms with van der Waals surface area (Å²) in [5, 5.41) is 11.4. The Hall–Kier alpha value is -3.73. The van der Waals surface area contributed by atoms with Crippen LogP contribution in [0.25, 0.3) is 0 Å². The lowest BCUT2D eigenvalue weighted by Gasteiger charge is -2.27. The first-order valence-electron chi connectivity index (χ1n) is 12.3. The van der Waals surface area contributed by atoms with Crippen LogP contribution in [0.15, 0.2) is 77.0 Å². The summed E-state index contributed by atoms with van der Waals surface area (Å²) < 4.78 is 0. The van der Waals surface area contributed by atoms with Crippen molar-refractivity contribution in [2.75, 3.05) is 0 Å². The number of H-pyrrole nitrogens is 1.